The van der Waals surface area contributed by atoms with E-state index in [-0.39, 0.29) is 21.5 Å². The van der Waals surface area contributed by atoms with Crippen LogP contribution in [-0.2, 0) is 31.1 Å². The van der Waals surface area contributed by atoms with Crippen molar-refractivity contribution >= 4 is 37.3 Å². The summed E-state index contributed by atoms with van der Waals surface area (Å²) in [6, 6.07) is 13.6. The monoisotopic (exact) mass is 751 g/mol. The third-order valence-corrected chi connectivity index (χ3v) is 13.0. The third kappa shape index (κ3) is 8.35. The van der Waals surface area contributed by atoms with Gasteiger partial charge in [-0.1, -0.05) is 77.8 Å². The van der Waals surface area contributed by atoms with Crippen LogP contribution in [0.4, 0.5) is 11.4 Å². The lowest BCUT2D eigenvalue weighted by atomic mass is 9.71. The second-order valence-corrected chi connectivity index (χ2v) is 19.8. The molecule has 0 aromatic heterocycles. The van der Waals surface area contributed by atoms with Crippen LogP contribution in [0.1, 0.15) is 124 Å². The molecule has 0 bridgehead atoms. The first-order chi connectivity index (χ1) is 24.2. The minimum atomic E-state index is -4.39. The van der Waals surface area contributed by atoms with Crippen LogP contribution >= 0.6 is 0 Å². The van der Waals surface area contributed by atoms with Gasteiger partial charge in [0.05, 0.1) is 16.1 Å². The zero-order valence-corrected chi connectivity index (χ0v) is 34.1. The molecule has 0 atom stereocenters. The highest BCUT2D eigenvalue weighted by atomic mass is 32.2. The van der Waals surface area contributed by atoms with Gasteiger partial charge in [0, 0.05) is 47.8 Å². The summed E-state index contributed by atoms with van der Waals surface area (Å²) in [6.45, 7) is 19.5. The van der Waals surface area contributed by atoms with Gasteiger partial charge in [-0.2, -0.15) is 21.4 Å². The van der Waals surface area contributed by atoms with E-state index in [0.717, 1.165) is 68.5 Å². The SMILES string of the molecule is CCCCN1/C(=C/C=C2\CCCC(CCC3=[N+](CCCCS(=O)(=O)O)c4ccc(S(=O)(=O)O)cc4C3(C)C)=C2C(C)(C)C)C(C)(C)c2ccccc21. The Morgan fingerprint density at radius 2 is 1.58 bits per heavy atom. The quantitative estimate of drug-likeness (QED) is 0.119. The Balaban J connectivity index is 1.52. The Hall–Kier alpha value is -3.05. The van der Waals surface area contributed by atoms with E-state index in [1.807, 2.05) is 0 Å². The number of unbranched alkanes of at least 4 members (excludes halogenated alkanes) is 2. The fourth-order valence-corrected chi connectivity index (χ4v) is 9.93. The van der Waals surface area contributed by atoms with Crippen LogP contribution in [0.5, 0.6) is 0 Å². The van der Waals surface area contributed by atoms with Gasteiger partial charge in [-0.05, 0) is 98.8 Å². The average Bonchev–Trinajstić information content (AvgIpc) is 3.40. The van der Waals surface area contributed by atoms with Crippen molar-refractivity contribution < 1.29 is 30.5 Å². The molecule has 2 N–H and O–H groups in total. The van der Waals surface area contributed by atoms with Gasteiger partial charge < -0.3 is 4.90 Å². The molecule has 284 valence electrons. The van der Waals surface area contributed by atoms with E-state index in [0.29, 0.717) is 19.4 Å². The lowest BCUT2D eigenvalue weighted by molar-refractivity contribution is -0.440. The van der Waals surface area contributed by atoms with Crippen LogP contribution in [0, 0.1) is 5.41 Å². The Morgan fingerprint density at radius 3 is 2.23 bits per heavy atom. The van der Waals surface area contributed by atoms with Crippen LogP contribution in [0.15, 0.2) is 81.9 Å². The largest absolute Gasteiger partial charge is 0.344 e. The summed E-state index contributed by atoms with van der Waals surface area (Å²) in [5.74, 6) is -0.305. The molecule has 2 heterocycles. The predicted octanol–water partition coefficient (Wildman–Crippen LogP) is 9.69. The lowest BCUT2D eigenvalue weighted by Crippen LogP contribution is -2.30. The molecule has 2 aromatic carbocycles. The van der Waals surface area contributed by atoms with Crippen molar-refractivity contribution in [3.05, 3.63) is 88.2 Å². The van der Waals surface area contributed by atoms with E-state index in [1.54, 1.807) is 12.1 Å². The molecular weight excluding hydrogens is 693 g/mol. The molecular formula is C42H59N2O6S2+. The van der Waals surface area contributed by atoms with Crippen molar-refractivity contribution in [2.24, 2.45) is 5.41 Å². The maximum absolute atomic E-state index is 12.1. The average molecular weight is 752 g/mol. The first-order valence-corrected chi connectivity index (χ1v) is 21.9. The maximum Gasteiger partial charge on any atom is 0.294 e. The fourth-order valence-electron chi connectivity index (χ4n) is 8.85. The molecule has 0 amide bonds. The fraction of sp³-hybridized carbons (Fsp3) is 0.548. The van der Waals surface area contributed by atoms with Crippen LogP contribution < -0.4 is 4.90 Å². The summed E-state index contributed by atoms with van der Waals surface area (Å²) in [6.07, 6.45) is 12.6. The minimum Gasteiger partial charge on any atom is -0.344 e. The van der Waals surface area contributed by atoms with Crippen LogP contribution in [0.3, 0.4) is 0 Å². The second kappa shape index (κ2) is 15.0. The van der Waals surface area contributed by atoms with Crippen molar-refractivity contribution in [1.29, 1.82) is 0 Å². The first-order valence-electron chi connectivity index (χ1n) is 18.9. The predicted molar refractivity (Wildman–Crippen MR) is 212 cm³/mol. The number of hydrogen-bond acceptors (Lipinski definition) is 5. The molecule has 3 aliphatic rings. The van der Waals surface area contributed by atoms with Gasteiger partial charge >= 0.3 is 0 Å². The van der Waals surface area contributed by atoms with E-state index >= 15 is 0 Å². The molecule has 2 aromatic rings. The Kier molecular flexibility index (Phi) is 11.6. The van der Waals surface area contributed by atoms with Gasteiger partial charge in [0.25, 0.3) is 20.2 Å². The number of rotatable bonds is 13. The lowest BCUT2D eigenvalue weighted by Gasteiger charge is -2.33. The number of hydrogen-bond donors (Lipinski definition) is 2. The topological polar surface area (TPSA) is 115 Å². The number of anilines is 1. The molecule has 52 heavy (non-hydrogen) atoms. The van der Waals surface area contributed by atoms with Gasteiger partial charge in [0.15, 0.2) is 5.71 Å². The van der Waals surface area contributed by atoms with Gasteiger partial charge in [0.2, 0.25) is 5.69 Å². The first kappa shape index (κ1) is 40.1. The van der Waals surface area contributed by atoms with E-state index in [4.69, 9.17) is 0 Å². The number of benzene rings is 2. The molecule has 0 unspecified atom stereocenters. The van der Waals surface area contributed by atoms with Crippen molar-refractivity contribution in [2.75, 3.05) is 23.7 Å². The molecule has 2 aliphatic heterocycles. The molecule has 0 radical (unpaired) electrons. The number of allylic oxidation sites excluding steroid dienone is 6. The van der Waals surface area contributed by atoms with Crippen LogP contribution in [0.25, 0.3) is 0 Å². The third-order valence-electron chi connectivity index (χ3n) is 11.3. The molecule has 8 nitrogen and oxygen atoms in total. The Labute approximate surface area is 312 Å². The van der Waals surface area contributed by atoms with Gasteiger partial charge in [-0.3, -0.25) is 9.11 Å². The van der Waals surface area contributed by atoms with E-state index in [9.17, 15) is 25.9 Å². The molecule has 1 aliphatic carbocycles. The van der Waals surface area contributed by atoms with Gasteiger partial charge in [-0.15, -0.1) is 0 Å². The maximum atomic E-state index is 12.1. The number of fused-ring (bicyclic) bond motifs is 2. The molecule has 0 saturated heterocycles. The highest BCUT2D eigenvalue weighted by Gasteiger charge is 2.46. The normalized spacial score (nSPS) is 20.3. The van der Waals surface area contributed by atoms with E-state index in [1.165, 1.54) is 39.7 Å². The molecule has 10 heteroatoms. The zero-order valence-electron chi connectivity index (χ0n) is 32.4. The molecule has 5 rings (SSSR count). The summed E-state index contributed by atoms with van der Waals surface area (Å²) < 4.78 is 68.6. The Bertz CT molecular complexity index is 2040. The Morgan fingerprint density at radius 1 is 0.865 bits per heavy atom. The van der Waals surface area contributed by atoms with Gasteiger partial charge in [0.1, 0.15) is 6.54 Å². The smallest absolute Gasteiger partial charge is 0.294 e. The summed E-state index contributed by atoms with van der Waals surface area (Å²) in [5.41, 5.74) is 10.4. The van der Waals surface area contributed by atoms with Crippen molar-refractivity contribution in [1.82, 2.24) is 0 Å². The number of nitrogens with zero attached hydrogens (tertiary/aromatic N) is 2. The standard InChI is InChI=1S/C42H58N2O6S2/c1-9-10-26-43-35-19-12-11-18-33(35)41(5,6)37(43)24-20-30-16-15-17-31(39(30)40(2,3)4)21-25-38-42(7,8)34-29-32(52(48,49)50)22-23-36(34)44(38)27-13-14-28-51(45,46)47/h11-12,18-20,22-24,29H,9-10,13-17,21,25-28H2,1-8H3,(H-,45,46,47,48,49,50)/p+1/b30-20+,37-24+. The van der Waals surface area contributed by atoms with E-state index in [2.05, 4.69) is 101 Å². The van der Waals surface area contributed by atoms with E-state index < -0.39 is 25.7 Å². The summed E-state index contributed by atoms with van der Waals surface area (Å²) >= 11 is 0. The molecule has 0 spiro atoms. The summed E-state index contributed by atoms with van der Waals surface area (Å²) in [5, 5.41) is 0. The minimum absolute atomic E-state index is 0.0746. The highest BCUT2D eigenvalue weighted by Crippen LogP contribution is 2.49. The highest BCUT2D eigenvalue weighted by molar-refractivity contribution is 7.86. The molecule has 0 fully saturated rings. The van der Waals surface area contributed by atoms with Crippen LogP contribution in [-0.4, -0.2) is 55.1 Å². The summed E-state index contributed by atoms with van der Waals surface area (Å²) in [4.78, 5) is 2.39. The number of para-hydroxylation sites is 1. The van der Waals surface area contributed by atoms with Crippen molar-refractivity contribution in [3.63, 3.8) is 0 Å². The van der Waals surface area contributed by atoms with Crippen molar-refractivity contribution in [3.8, 4) is 0 Å². The summed E-state index contributed by atoms with van der Waals surface area (Å²) in [7, 11) is -8.46. The zero-order chi connectivity index (χ0) is 38.3. The second-order valence-electron chi connectivity index (χ2n) is 16.8. The van der Waals surface area contributed by atoms with Crippen LogP contribution in [0.2, 0.25) is 0 Å². The molecule has 0 saturated carbocycles. The van der Waals surface area contributed by atoms with Gasteiger partial charge in [-0.25, -0.2) is 0 Å². The van der Waals surface area contributed by atoms with Crippen molar-refractivity contribution in [2.45, 2.75) is 129 Å².